The fraction of sp³-hybridized carbons (Fsp3) is 0.160. The number of para-hydroxylation sites is 1. The van der Waals surface area contributed by atoms with Crippen molar-refractivity contribution in [2.24, 2.45) is 0 Å². The van der Waals surface area contributed by atoms with Crippen LogP contribution in [0.1, 0.15) is 35.3 Å². The van der Waals surface area contributed by atoms with Gasteiger partial charge in [0.1, 0.15) is 5.69 Å². The van der Waals surface area contributed by atoms with Gasteiger partial charge in [0.15, 0.2) is 5.75 Å². The van der Waals surface area contributed by atoms with Gasteiger partial charge in [-0.15, -0.1) is 0 Å². The fourth-order valence-corrected chi connectivity index (χ4v) is 3.66. The SMILES string of the molecule is CCC(NC(=O)c1c(OC)c(-c2ccccc2)nc2ccccc12)c1ccncc1. The minimum atomic E-state index is -0.189. The molecule has 0 aliphatic rings. The number of fused-ring (bicyclic) bond motifs is 1. The smallest absolute Gasteiger partial charge is 0.256 e. The van der Waals surface area contributed by atoms with Gasteiger partial charge >= 0.3 is 0 Å². The maximum Gasteiger partial charge on any atom is 0.256 e. The number of carbonyl (C=O) groups is 1. The van der Waals surface area contributed by atoms with E-state index in [9.17, 15) is 4.79 Å². The van der Waals surface area contributed by atoms with Crippen molar-refractivity contribution < 1.29 is 9.53 Å². The second-order valence-electron chi connectivity index (χ2n) is 6.97. The van der Waals surface area contributed by atoms with Gasteiger partial charge in [0.2, 0.25) is 0 Å². The van der Waals surface area contributed by atoms with Crippen LogP contribution in [0.3, 0.4) is 0 Å². The Morgan fingerprint density at radius 1 is 1.00 bits per heavy atom. The molecule has 2 aromatic heterocycles. The van der Waals surface area contributed by atoms with Gasteiger partial charge in [-0.25, -0.2) is 4.98 Å². The summed E-state index contributed by atoms with van der Waals surface area (Å²) in [6.45, 7) is 2.04. The number of rotatable bonds is 6. The predicted molar refractivity (Wildman–Crippen MR) is 118 cm³/mol. The van der Waals surface area contributed by atoms with Crippen LogP contribution in [0.4, 0.5) is 0 Å². The first-order chi connectivity index (χ1) is 14.7. The standard InChI is InChI=1S/C25H23N3O2/c1-3-20(17-13-15-26-16-14-17)28-25(29)22-19-11-7-8-12-21(19)27-23(24(22)30-2)18-9-5-4-6-10-18/h4-16,20H,3H2,1-2H3,(H,28,29). The lowest BCUT2D eigenvalue weighted by Gasteiger charge is -2.20. The molecule has 2 aromatic carbocycles. The van der Waals surface area contributed by atoms with Crippen molar-refractivity contribution in [1.29, 1.82) is 0 Å². The van der Waals surface area contributed by atoms with Gasteiger partial charge < -0.3 is 10.1 Å². The number of benzene rings is 2. The summed E-state index contributed by atoms with van der Waals surface area (Å²) in [5.41, 5.74) is 3.81. The summed E-state index contributed by atoms with van der Waals surface area (Å²) in [7, 11) is 1.58. The maximum atomic E-state index is 13.5. The number of ether oxygens (including phenoxy) is 1. The molecule has 1 unspecified atom stereocenters. The summed E-state index contributed by atoms with van der Waals surface area (Å²) >= 11 is 0. The van der Waals surface area contributed by atoms with Crippen molar-refractivity contribution in [1.82, 2.24) is 15.3 Å². The number of pyridine rings is 2. The molecule has 0 aliphatic carbocycles. The molecule has 0 radical (unpaired) electrons. The Balaban J connectivity index is 1.85. The zero-order chi connectivity index (χ0) is 20.9. The average Bonchev–Trinajstić information content (AvgIpc) is 2.82. The minimum absolute atomic E-state index is 0.127. The van der Waals surface area contributed by atoms with E-state index in [1.807, 2.05) is 73.7 Å². The summed E-state index contributed by atoms with van der Waals surface area (Å²) in [6, 6.07) is 21.1. The quantitative estimate of drug-likeness (QED) is 0.486. The van der Waals surface area contributed by atoms with E-state index in [0.717, 1.165) is 28.5 Å². The molecule has 30 heavy (non-hydrogen) atoms. The Morgan fingerprint density at radius 2 is 1.70 bits per heavy atom. The minimum Gasteiger partial charge on any atom is -0.494 e. The monoisotopic (exact) mass is 397 g/mol. The van der Waals surface area contributed by atoms with E-state index < -0.39 is 0 Å². The lowest BCUT2D eigenvalue weighted by atomic mass is 10.00. The summed E-state index contributed by atoms with van der Waals surface area (Å²) in [5.74, 6) is 0.285. The molecule has 4 rings (SSSR count). The third-order valence-electron chi connectivity index (χ3n) is 5.15. The number of nitrogens with one attached hydrogen (secondary N) is 1. The largest absolute Gasteiger partial charge is 0.494 e. The Morgan fingerprint density at radius 3 is 2.40 bits per heavy atom. The topological polar surface area (TPSA) is 64.1 Å². The van der Waals surface area contributed by atoms with Crippen LogP contribution in [0.5, 0.6) is 5.75 Å². The molecule has 0 spiro atoms. The molecular weight excluding hydrogens is 374 g/mol. The van der Waals surface area contributed by atoms with E-state index in [4.69, 9.17) is 9.72 Å². The molecule has 0 saturated heterocycles. The third-order valence-corrected chi connectivity index (χ3v) is 5.15. The van der Waals surface area contributed by atoms with E-state index in [1.165, 1.54) is 0 Å². The van der Waals surface area contributed by atoms with Crippen LogP contribution in [-0.4, -0.2) is 23.0 Å². The van der Waals surface area contributed by atoms with Gasteiger partial charge in [0.05, 0.1) is 24.2 Å². The first kappa shape index (κ1) is 19.6. The highest BCUT2D eigenvalue weighted by Crippen LogP contribution is 2.36. The molecule has 2 heterocycles. The average molecular weight is 397 g/mol. The van der Waals surface area contributed by atoms with Crippen molar-refractivity contribution in [3.63, 3.8) is 0 Å². The molecule has 0 fully saturated rings. The van der Waals surface area contributed by atoms with Crippen LogP contribution in [0, 0.1) is 0 Å². The van der Waals surface area contributed by atoms with Crippen LogP contribution in [0.25, 0.3) is 22.2 Å². The van der Waals surface area contributed by atoms with Crippen LogP contribution in [-0.2, 0) is 0 Å². The second kappa shape index (κ2) is 8.74. The molecule has 0 aliphatic heterocycles. The fourth-order valence-electron chi connectivity index (χ4n) is 3.66. The molecule has 4 aromatic rings. The number of aromatic nitrogens is 2. The zero-order valence-corrected chi connectivity index (χ0v) is 17.0. The lowest BCUT2D eigenvalue weighted by Crippen LogP contribution is -2.29. The van der Waals surface area contributed by atoms with Gasteiger partial charge in [-0.2, -0.15) is 0 Å². The summed E-state index contributed by atoms with van der Waals surface area (Å²) < 4.78 is 5.75. The van der Waals surface area contributed by atoms with E-state index in [0.29, 0.717) is 17.0 Å². The number of hydrogen-bond donors (Lipinski definition) is 1. The molecule has 0 saturated carbocycles. The number of methoxy groups -OCH3 is 1. The lowest BCUT2D eigenvalue weighted by molar-refractivity contribution is 0.0934. The van der Waals surface area contributed by atoms with Crippen molar-refractivity contribution in [3.05, 3.63) is 90.3 Å². The van der Waals surface area contributed by atoms with Gasteiger partial charge in [0.25, 0.3) is 5.91 Å². The van der Waals surface area contributed by atoms with E-state index in [1.54, 1.807) is 19.5 Å². The summed E-state index contributed by atoms with van der Waals surface area (Å²) in [6.07, 6.45) is 4.23. The second-order valence-corrected chi connectivity index (χ2v) is 6.97. The van der Waals surface area contributed by atoms with Crippen LogP contribution >= 0.6 is 0 Å². The maximum absolute atomic E-state index is 13.5. The van der Waals surface area contributed by atoms with Crippen molar-refractivity contribution in [2.45, 2.75) is 19.4 Å². The molecule has 150 valence electrons. The molecule has 5 nitrogen and oxygen atoms in total. The number of hydrogen-bond acceptors (Lipinski definition) is 4. The van der Waals surface area contributed by atoms with Crippen molar-refractivity contribution in [2.75, 3.05) is 7.11 Å². The number of nitrogens with zero attached hydrogens (tertiary/aromatic N) is 2. The van der Waals surface area contributed by atoms with Gasteiger partial charge in [-0.05, 0) is 30.2 Å². The Kier molecular flexibility index (Phi) is 5.70. The van der Waals surface area contributed by atoms with E-state index in [2.05, 4.69) is 10.3 Å². The molecular formula is C25H23N3O2. The van der Waals surface area contributed by atoms with Gasteiger partial charge in [-0.1, -0.05) is 55.5 Å². The first-order valence-corrected chi connectivity index (χ1v) is 9.95. The normalized spacial score (nSPS) is 11.8. The number of carbonyl (C=O) groups excluding carboxylic acids is 1. The van der Waals surface area contributed by atoms with E-state index >= 15 is 0 Å². The molecule has 1 N–H and O–H groups in total. The molecule has 1 amide bonds. The van der Waals surface area contributed by atoms with Crippen molar-refractivity contribution in [3.8, 4) is 17.0 Å². The zero-order valence-electron chi connectivity index (χ0n) is 17.0. The van der Waals surface area contributed by atoms with Crippen LogP contribution in [0.15, 0.2) is 79.1 Å². The molecule has 5 heteroatoms. The van der Waals surface area contributed by atoms with E-state index in [-0.39, 0.29) is 11.9 Å². The van der Waals surface area contributed by atoms with Crippen molar-refractivity contribution >= 4 is 16.8 Å². The molecule has 0 bridgehead atoms. The summed E-state index contributed by atoms with van der Waals surface area (Å²) in [4.78, 5) is 22.4. The number of amides is 1. The Labute approximate surface area is 175 Å². The Hall–Kier alpha value is -3.73. The highest BCUT2D eigenvalue weighted by molar-refractivity contribution is 6.10. The predicted octanol–water partition coefficient (Wildman–Crippen LogP) is 5.19. The first-order valence-electron chi connectivity index (χ1n) is 9.95. The Bertz CT molecular complexity index is 1160. The highest BCUT2D eigenvalue weighted by atomic mass is 16.5. The third kappa shape index (κ3) is 3.74. The van der Waals surface area contributed by atoms with Gasteiger partial charge in [-0.3, -0.25) is 9.78 Å². The molecule has 1 atom stereocenters. The van der Waals surface area contributed by atoms with Gasteiger partial charge in [0, 0.05) is 23.3 Å². The highest BCUT2D eigenvalue weighted by Gasteiger charge is 2.24. The van der Waals surface area contributed by atoms with Crippen LogP contribution < -0.4 is 10.1 Å². The summed E-state index contributed by atoms with van der Waals surface area (Å²) in [5, 5.41) is 3.93. The van der Waals surface area contributed by atoms with Crippen LogP contribution in [0.2, 0.25) is 0 Å².